The van der Waals surface area contributed by atoms with Crippen molar-refractivity contribution in [3.05, 3.63) is 33.6 Å². The first-order valence-electron chi connectivity index (χ1n) is 9.63. The molecule has 0 radical (unpaired) electrons. The molecule has 1 amide bonds. The molecule has 2 aromatic rings. The number of aromatic nitrogens is 2. The fourth-order valence-corrected chi connectivity index (χ4v) is 4.85. The molecule has 2 aliphatic rings. The fraction of sp³-hybridized carbons (Fsp3) is 0.450. The molecule has 1 aromatic heterocycles. The lowest BCUT2D eigenvalue weighted by Gasteiger charge is -2.30. The molecular formula is C20H24N4O5S. The van der Waals surface area contributed by atoms with Crippen molar-refractivity contribution in [1.29, 1.82) is 0 Å². The van der Waals surface area contributed by atoms with Gasteiger partial charge in [-0.15, -0.1) is 0 Å². The van der Waals surface area contributed by atoms with Gasteiger partial charge in [-0.2, -0.15) is 16.7 Å². The normalized spacial score (nSPS) is 18.4. The molecule has 2 aliphatic heterocycles. The van der Waals surface area contributed by atoms with E-state index in [2.05, 4.69) is 15.3 Å². The minimum atomic E-state index is -0.522. The van der Waals surface area contributed by atoms with Gasteiger partial charge in [0.25, 0.3) is 5.56 Å². The third-order valence-electron chi connectivity index (χ3n) is 5.36. The molecule has 30 heavy (non-hydrogen) atoms. The van der Waals surface area contributed by atoms with E-state index in [1.165, 1.54) is 21.3 Å². The lowest BCUT2D eigenvalue weighted by Crippen LogP contribution is -2.37. The minimum Gasteiger partial charge on any atom is -0.493 e. The molecule has 160 valence electrons. The van der Waals surface area contributed by atoms with E-state index < -0.39 is 5.92 Å². The number of rotatable bonds is 5. The number of ether oxygens (including phenoxy) is 3. The Morgan fingerprint density at radius 2 is 1.80 bits per heavy atom. The SMILES string of the molecule is COc1ccc(C2CC(=O)Nc3nc(N4CCSCC4)[nH]c(=O)c32)c(OC)c1OC. The van der Waals surface area contributed by atoms with Crippen LogP contribution in [0.2, 0.25) is 0 Å². The summed E-state index contributed by atoms with van der Waals surface area (Å²) < 4.78 is 16.4. The van der Waals surface area contributed by atoms with Crippen LogP contribution in [0.5, 0.6) is 17.2 Å². The summed E-state index contributed by atoms with van der Waals surface area (Å²) in [7, 11) is 4.57. The van der Waals surface area contributed by atoms with Gasteiger partial charge in [0.1, 0.15) is 5.82 Å². The van der Waals surface area contributed by atoms with Crippen LogP contribution in [0.1, 0.15) is 23.5 Å². The molecule has 1 fully saturated rings. The number of aromatic amines is 1. The molecule has 10 heteroatoms. The van der Waals surface area contributed by atoms with Crippen LogP contribution in [0.25, 0.3) is 0 Å². The van der Waals surface area contributed by atoms with Gasteiger partial charge in [-0.3, -0.25) is 14.6 Å². The Hall–Kier alpha value is -2.88. The van der Waals surface area contributed by atoms with Crippen LogP contribution in [0, 0.1) is 0 Å². The van der Waals surface area contributed by atoms with Gasteiger partial charge in [-0.25, -0.2) is 0 Å². The number of nitrogens with one attached hydrogen (secondary N) is 2. The van der Waals surface area contributed by atoms with E-state index in [9.17, 15) is 9.59 Å². The van der Waals surface area contributed by atoms with Gasteiger partial charge in [0, 0.05) is 42.5 Å². The van der Waals surface area contributed by atoms with Crippen molar-refractivity contribution in [2.75, 3.05) is 56.1 Å². The van der Waals surface area contributed by atoms with Gasteiger partial charge >= 0.3 is 0 Å². The Labute approximate surface area is 178 Å². The topological polar surface area (TPSA) is 106 Å². The predicted molar refractivity (Wildman–Crippen MR) is 116 cm³/mol. The van der Waals surface area contributed by atoms with Crippen LogP contribution in [-0.2, 0) is 4.79 Å². The van der Waals surface area contributed by atoms with Gasteiger partial charge in [-0.05, 0) is 6.07 Å². The number of fused-ring (bicyclic) bond motifs is 1. The average molecular weight is 433 g/mol. The molecule has 1 saturated heterocycles. The van der Waals surface area contributed by atoms with Crippen LogP contribution in [0.15, 0.2) is 16.9 Å². The molecule has 3 heterocycles. The molecule has 0 spiro atoms. The number of carbonyl (C=O) groups is 1. The van der Waals surface area contributed by atoms with Crippen molar-refractivity contribution in [1.82, 2.24) is 9.97 Å². The highest BCUT2D eigenvalue weighted by atomic mass is 32.2. The van der Waals surface area contributed by atoms with Crippen molar-refractivity contribution in [3.63, 3.8) is 0 Å². The van der Waals surface area contributed by atoms with E-state index >= 15 is 0 Å². The Morgan fingerprint density at radius 1 is 1.07 bits per heavy atom. The van der Waals surface area contributed by atoms with Gasteiger partial charge in [-0.1, -0.05) is 6.07 Å². The van der Waals surface area contributed by atoms with E-state index in [1.54, 1.807) is 12.1 Å². The van der Waals surface area contributed by atoms with Crippen LogP contribution >= 0.6 is 11.8 Å². The predicted octanol–water partition coefficient (Wildman–Crippen LogP) is 1.82. The van der Waals surface area contributed by atoms with Gasteiger partial charge < -0.3 is 24.4 Å². The van der Waals surface area contributed by atoms with Crippen LogP contribution in [0.4, 0.5) is 11.8 Å². The van der Waals surface area contributed by atoms with Crippen molar-refractivity contribution in [3.8, 4) is 17.2 Å². The standard InChI is InChI=1S/C20H24N4O5S/c1-27-13-5-4-11(16(28-2)17(13)29-3)12-10-14(25)21-18-15(12)19(26)23-20(22-18)24-6-8-30-9-7-24/h4-5,12H,6-10H2,1-3H3,(H2,21,22,23,25,26). The Kier molecular flexibility index (Phi) is 5.76. The molecule has 4 rings (SSSR count). The smallest absolute Gasteiger partial charge is 0.258 e. The highest BCUT2D eigenvalue weighted by Crippen LogP contribution is 2.46. The maximum absolute atomic E-state index is 13.1. The van der Waals surface area contributed by atoms with Crippen molar-refractivity contribution in [2.24, 2.45) is 0 Å². The molecule has 9 nitrogen and oxygen atoms in total. The van der Waals surface area contributed by atoms with E-state index in [4.69, 9.17) is 14.2 Å². The van der Waals surface area contributed by atoms with Gasteiger partial charge in [0.05, 0.1) is 26.9 Å². The zero-order valence-corrected chi connectivity index (χ0v) is 17.9. The maximum atomic E-state index is 13.1. The lowest BCUT2D eigenvalue weighted by molar-refractivity contribution is -0.116. The highest BCUT2D eigenvalue weighted by molar-refractivity contribution is 7.99. The summed E-state index contributed by atoms with van der Waals surface area (Å²) in [5.41, 5.74) is 0.811. The third-order valence-corrected chi connectivity index (χ3v) is 6.30. The number of methoxy groups -OCH3 is 3. The first-order valence-corrected chi connectivity index (χ1v) is 10.8. The molecule has 0 saturated carbocycles. The van der Waals surface area contributed by atoms with Crippen molar-refractivity contribution in [2.45, 2.75) is 12.3 Å². The second-order valence-corrected chi connectivity index (χ2v) is 8.20. The van der Waals surface area contributed by atoms with Gasteiger partial charge in [0.15, 0.2) is 11.5 Å². The molecule has 2 N–H and O–H groups in total. The summed E-state index contributed by atoms with van der Waals surface area (Å²) >= 11 is 1.87. The summed E-state index contributed by atoms with van der Waals surface area (Å²) in [5.74, 6) is 3.34. The van der Waals surface area contributed by atoms with Gasteiger partial charge in [0.2, 0.25) is 17.6 Å². The Morgan fingerprint density at radius 3 is 2.47 bits per heavy atom. The molecule has 1 aromatic carbocycles. The van der Waals surface area contributed by atoms with E-state index in [-0.39, 0.29) is 17.9 Å². The van der Waals surface area contributed by atoms with E-state index in [1.807, 2.05) is 16.7 Å². The zero-order chi connectivity index (χ0) is 21.3. The second kappa shape index (κ2) is 8.47. The highest BCUT2D eigenvalue weighted by Gasteiger charge is 2.34. The van der Waals surface area contributed by atoms with E-state index in [0.717, 1.165) is 24.6 Å². The summed E-state index contributed by atoms with van der Waals surface area (Å²) in [6, 6.07) is 3.53. The molecule has 1 atom stereocenters. The minimum absolute atomic E-state index is 0.101. The molecule has 1 unspecified atom stereocenters. The lowest BCUT2D eigenvalue weighted by atomic mass is 9.86. The first kappa shape index (κ1) is 20.4. The van der Waals surface area contributed by atoms with Crippen molar-refractivity contribution < 1.29 is 19.0 Å². The Balaban J connectivity index is 1.83. The maximum Gasteiger partial charge on any atom is 0.258 e. The molecule has 0 bridgehead atoms. The number of H-pyrrole nitrogens is 1. The number of anilines is 2. The number of amides is 1. The second-order valence-electron chi connectivity index (χ2n) is 6.98. The van der Waals surface area contributed by atoms with Crippen LogP contribution in [0.3, 0.4) is 0 Å². The number of nitrogens with zero attached hydrogens (tertiary/aromatic N) is 2. The third kappa shape index (κ3) is 3.55. The zero-order valence-electron chi connectivity index (χ0n) is 17.1. The summed E-state index contributed by atoms with van der Waals surface area (Å²) in [6.45, 7) is 1.60. The number of hydrogen-bond acceptors (Lipinski definition) is 8. The first-order chi connectivity index (χ1) is 14.6. The van der Waals surface area contributed by atoms with E-state index in [0.29, 0.717) is 40.1 Å². The fourth-order valence-electron chi connectivity index (χ4n) is 3.95. The summed E-state index contributed by atoms with van der Waals surface area (Å²) in [6.07, 6.45) is 0.101. The molecule has 0 aliphatic carbocycles. The van der Waals surface area contributed by atoms with Crippen LogP contribution < -0.4 is 30.0 Å². The average Bonchev–Trinajstić information content (AvgIpc) is 2.77. The Bertz CT molecular complexity index is 1020. The van der Waals surface area contributed by atoms with Crippen molar-refractivity contribution >= 4 is 29.4 Å². The molecular weight excluding hydrogens is 408 g/mol. The summed E-state index contributed by atoms with van der Waals surface area (Å²) in [5, 5.41) is 2.77. The number of hydrogen-bond donors (Lipinski definition) is 2. The summed E-state index contributed by atoms with van der Waals surface area (Å²) in [4.78, 5) is 35.2. The quantitative estimate of drug-likeness (QED) is 0.737. The van der Waals surface area contributed by atoms with Crippen LogP contribution in [-0.4, -0.2) is 61.8 Å². The number of thioether (sulfide) groups is 1. The largest absolute Gasteiger partial charge is 0.493 e. The monoisotopic (exact) mass is 432 g/mol. The number of benzene rings is 1. The number of carbonyl (C=O) groups excluding carboxylic acids is 1.